The molecule has 2 rings (SSSR count). The maximum atomic E-state index is 11.5. The van der Waals surface area contributed by atoms with Crippen LogP contribution >= 0.6 is 0 Å². The van der Waals surface area contributed by atoms with E-state index in [2.05, 4.69) is 5.32 Å². The minimum atomic E-state index is -0.0576. The molecular weight excluding hydrogens is 198 g/mol. The van der Waals surface area contributed by atoms with Crippen molar-refractivity contribution in [2.75, 3.05) is 7.05 Å². The van der Waals surface area contributed by atoms with Gasteiger partial charge in [0.05, 0.1) is 0 Å². The van der Waals surface area contributed by atoms with Crippen molar-refractivity contribution in [2.45, 2.75) is 0 Å². The SMILES string of the molecule is CNC(=O)c1cccc(-c2ccccc2)c1. The van der Waals surface area contributed by atoms with Gasteiger partial charge in [0, 0.05) is 12.6 Å². The van der Waals surface area contributed by atoms with Gasteiger partial charge in [-0.3, -0.25) is 4.79 Å². The number of nitrogens with one attached hydrogen (secondary N) is 1. The van der Waals surface area contributed by atoms with Crippen LogP contribution in [0, 0.1) is 0 Å². The molecule has 2 heteroatoms. The summed E-state index contributed by atoms with van der Waals surface area (Å²) in [6.07, 6.45) is 0. The third kappa shape index (κ3) is 2.11. The highest BCUT2D eigenvalue weighted by atomic mass is 16.1. The van der Waals surface area contributed by atoms with Gasteiger partial charge in [0.15, 0.2) is 0 Å². The lowest BCUT2D eigenvalue weighted by molar-refractivity contribution is 0.0963. The van der Waals surface area contributed by atoms with Gasteiger partial charge in [-0.15, -0.1) is 0 Å². The largest absolute Gasteiger partial charge is 0.355 e. The Morgan fingerprint density at radius 3 is 2.31 bits per heavy atom. The second-order valence-electron chi connectivity index (χ2n) is 3.53. The highest BCUT2D eigenvalue weighted by Gasteiger charge is 2.04. The summed E-state index contributed by atoms with van der Waals surface area (Å²) in [7, 11) is 1.64. The molecule has 0 saturated carbocycles. The highest BCUT2D eigenvalue weighted by Crippen LogP contribution is 2.19. The zero-order chi connectivity index (χ0) is 11.4. The lowest BCUT2D eigenvalue weighted by atomic mass is 10.0. The van der Waals surface area contributed by atoms with Crippen molar-refractivity contribution in [3.63, 3.8) is 0 Å². The summed E-state index contributed by atoms with van der Waals surface area (Å²) in [4.78, 5) is 11.5. The molecule has 0 atom stereocenters. The van der Waals surface area contributed by atoms with Gasteiger partial charge >= 0.3 is 0 Å². The summed E-state index contributed by atoms with van der Waals surface area (Å²) in [5, 5.41) is 2.62. The summed E-state index contributed by atoms with van der Waals surface area (Å²) >= 11 is 0. The van der Waals surface area contributed by atoms with Crippen LogP contribution in [0.4, 0.5) is 0 Å². The molecule has 80 valence electrons. The minimum Gasteiger partial charge on any atom is -0.355 e. The van der Waals surface area contributed by atoms with E-state index >= 15 is 0 Å². The van der Waals surface area contributed by atoms with Crippen molar-refractivity contribution in [1.82, 2.24) is 5.32 Å². The Bertz CT molecular complexity index is 491. The van der Waals surface area contributed by atoms with Crippen LogP contribution in [0.3, 0.4) is 0 Å². The third-order valence-corrected chi connectivity index (χ3v) is 2.46. The molecule has 0 aliphatic heterocycles. The first kappa shape index (κ1) is 10.4. The molecule has 2 nitrogen and oxygen atoms in total. The number of rotatable bonds is 2. The zero-order valence-corrected chi connectivity index (χ0v) is 9.10. The van der Waals surface area contributed by atoms with Gasteiger partial charge in [-0.1, -0.05) is 42.5 Å². The first-order valence-corrected chi connectivity index (χ1v) is 5.19. The van der Waals surface area contributed by atoms with E-state index in [0.717, 1.165) is 11.1 Å². The number of amides is 1. The summed E-state index contributed by atoms with van der Waals surface area (Å²) < 4.78 is 0. The molecule has 0 aromatic heterocycles. The molecule has 0 saturated heterocycles. The number of carbonyl (C=O) groups excluding carboxylic acids is 1. The van der Waals surface area contributed by atoms with Gasteiger partial charge < -0.3 is 5.32 Å². The van der Waals surface area contributed by atoms with Crippen molar-refractivity contribution < 1.29 is 4.79 Å². The molecule has 0 bridgehead atoms. The van der Waals surface area contributed by atoms with E-state index in [1.165, 1.54) is 0 Å². The summed E-state index contributed by atoms with van der Waals surface area (Å²) in [6, 6.07) is 17.6. The summed E-state index contributed by atoms with van der Waals surface area (Å²) in [5.74, 6) is -0.0576. The summed E-state index contributed by atoms with van der Waals surface area (Å²) in [5.41, 5.74) is 2.86. The van der Waals surface area contributed by atoms with Crippen molar-refractivity contribution >= 4 is 5.91 Å². The highest BCUT2D eigenvalue weighted by molar-refractivity contribution is 5.95. The monoisotopic (exact) mass is 211 g/mol. The molecule has 2 aromatic carbocycles. The predicted molar refractivity (Wildman–Crippen MR) is 65.3 cm³/mol. The molecule has 0 aliphatic rings. The number of hydrogen-bond acceptors (Lipinski definition) is 1. The van der Waals surface area contributed by atoms with Crippen molar-refractivity contribution in [3.8, 4) is 11.1 Å². The van der Waals surface area contributed by atoms with E-state index in [1.807, 2.05) is 54.6 Å². The number of benzene rings is 2. The topological polar surface area (TPSA) is 29.1 Å². The van der Waals surface area contributed by atoms with Crippen molar-refractivity contribution in [3.05, 3.63) is 60.2 Å². The predicted octanol–water partition coefficient (Wildman–Crippen LogP) is 2.71. The average molecular weight is 211 g/mol. The van der Waals surface area contributed by atoms with E-state index in [4.69, 9.17) is 0 Å². The van der Waals surface area contributed by atoms with Crippen LogP contribution in [0.5, 0.6) is 0 Å². The Hall–Kier alpha value is -2.09. The smallest absolute Gasteiger partial charge is 0.251 e. The Labute approximate surface area is 94.9 Å². The van der Waals surface area contributed by atoms with E-state index in [1.54, 1.807) is 7.05 Å². The van der Waals surface area contributed by atoms with Crippen LogP contribution in [0.15, 0.2) is 54.6 Å². The van der Waals surface area contributed by atoms with Gasteiger partial charge in [0.2, 0.25) is 0 Å². The Morgan fingerprint density at radius 2 is 1.62 bits per heavy atom. The van der Waals surface area contributed by atoms with Gasteiger partial charge in [0.25, 0.3) is 5.91 Å². The van der Waals surface area contributed by atoms with Crippen LogP contribution in [0.25, 0.3) is 11.1 Å². The minimum absolute atomic E-state index is 0.0576. The third-order valence-electron chi connectivity index (χ3n) is 2.46. The molecule has 1 amide bonds. The van der Waals surface area contributed by atoms with Crippen LogP contribution in [0.2, 0.25) is 0 Å². The number of carbonyl (C=O) groups is 1. The maximum Gasteiger partial charge on any atom is 0.251 e. The molecule has 0 fully saturated rings. The Kier molecular flexibility index (Phi) is 3.01. The first-order valence-electron chi connectivity index (χ1n) is 5.19. The fraction of sp³-hybridized carbons (Fsp3) is 0.0714. The standard InChI is InChI=1S/C14H13NO/c1-15-14(16)13-9-5-8-12(10-13)11-6-3-2-4-7-11/h2-10H,1H3,(H,15,16). The van der Waals surface area contributed by atoms with Crippen LogP contribution in [-0.4, -0.2) is 13.0 Å². The molecule has 0 heterocycles. The van der Waals surface area contributed by atoms with Crippen LogP contribution < -0.4 is 5.32 Å². The van der Waals surface area contributed by atoms with E-state index in [9.17, 15) is 4.79 Å². The first-order chi connectivity index (χ1) is 7.81. The molecule has 1 N–H and O–H groups in total. The Morgan fingerprint density at radius 1 is 0.938 bits per heavy atom. The van der Waals surface area contributed by atoms with Crippen LogP contribution in [-0.2, 0) is 0 Å². The van der Waals surface area contributed by atoms with Gasteiger partial charge in [-0.05, 0) is 23.3 Å². The number of hydrogen-bond donors (Lipinski definition) is 1. The summed E-state index contributed by atoms with van der Waals surface area (Å²) in [6.45, 7) is 0. The van der Waals surface area contributed by atoms with Crippen molar-refractivity contribution in [2.24, 2.45) is 0 Å². The fourth-order valence-electron chi connectivity index (χ4n) is 1.61. The molecule has 0 aliphatic carbocycles. The zero-order valence-electron chi connectivity index (χ0n) is 9.10. The van der Waals surface area contributed by atoms with E-state index in [0.29, 0.717) is 5.56 Å². The average Bonchev–Trinajstić information content (AvgIpc) is 2.39. The second kappa shape index (κ2) is 4.62. The maximum absolute atomic E-state index is 11.5. The van der Waals surface area contributed by atoms with Gasteiger partial charge in [0.1, 0.15) is 0 Å². The van der Waals surface area contributed by atoms with Crippen molar-refractivity contribution in [1.29, 1.82) is 0 Å². The Balaban J connectivity index is 2.40. The molecular formula is C14H13NO. The van der Waals surface area contributed by atoms with Gasteiger partial charge in [-0.25, -0.2) is 0 Å². The fourth-order valence-corrected chi connectivity index (χ4v) is 1.61. The van der Waals surface area contributed by atoms with E-state index < -0.39 is 0 Å². The van der Waals surface area contributed by atoms with Gasteiger partial charge in [-0.2, -0.15) is 0 Å². The molecule has 16 heavy (non-hydrogen) atoms. The quantitative estimate of drug-likeness (QED) is 0.813. The molecule has 2 aromatic rings. The van der Waals surface area contributed by atoms with E-state index in [-0.39, 0.29) is 5.91 Å². The lowest BCUT2D eigenvalue weighted by Crippen LogP contribution is -2.17. The second-order valence-corrected chi connectivity index (χ2v) is 3.53. The lowest BCUT2D eigenvalue weighted by Gasteiger charge is -2.04. The molecule has 0 spiro atoms. The van der Waals surface area contributed by atoms with Crippen LogP contribution in [0.1, 0.15) is 10.4 Å². The molecule has 0 radical (unpaired) electrons. The molecule has 0 unspecified atom stereocenters. The normalized spacial score (nSPS) is 9.81.